The van der Waals surface area contributed by atoms with Gasteiger partial charge in [0.2, 0.25) is 0 Å². The summed E-state index contributed by atoms with van der Waals surface area (Å²) in [6, 6.07) is 0. The molecule has 0 aliphatic carbocycles. The predicted octanol–water partition coefficient (Wildman–Crippen LogP) is 5.60. The van der Waals surface area contributed by atoms with Crippen LogP contribution in [0.5, 0.6) is 0 Å². The first-order valence-corrected chi connectivity index (χ1v) is 11.1. The summed E-state index contributed by atoms with van der Waals surface area (Å²) in [6.07, 6.45) is 16.1. The molecule has 0 aliphatic heterocycles. The summed E-state index contributed by atoms with van der Waals surface area (Å²) < 4.78 is 4.86. The van der Waals surface area contributed by atoms with Crippen LogP contribution in [0, 0.1) is 11.8 Å². The van der Waals surface area contributed by atoms with E-state index in [2.05, 4.69) is 13.0 Å². The number of unbranched alkanes of at least 4 members (excludes halogenated alkanes) is 9. The van der Waals surface area contributed by atoms with Crippen molar-refractivity contribution in [1.82, 2.24) is 0 Å². The zero-order chi connectivity index (χ0) is 21.9. The zero-order valence-electron chi connectivity index (χ0n) is 18.2. The molecule has 0 rings (SSSR count). The molecular formula is C23H40O6. The quantitative estimate of drug-likeness (QED) is 0.163. The molecule has 0 saturated heterocycles. The number of carbonyl (C=O) groups excluding carboxylic acids is 1. The number of aliphatic carboxylic acids is 2. The van der Waals surface area contributed by atoms with E-state index in [-0.39, 0.29) is 18.8 Å². The molecule has 0 saturated carbocycles. The van der Waals surface area contributed by atoms with Crippen LogP contribution in [-0.4, -0.2) is 35.2 Å². The van der Waals surface area contributed by atoms with Crippen molar-refractivity contribution in [3.63, 3.8) is 0 Å². The molecule has 0 radical (unpaired) electrons. The molecular weight excluding hydrogens is 372 g/mol. The molecule has 2 N–H and O–H groups in total. The second-order valence-electron chi connectivity index (χ2n) is 7.72. The van der Waals surface area contributed by atoms with Crippen LogP contribution in [0.3, 0.4) is 0 Å². The maximum Gasteiger partial charge on any atom is 0.309 e. The summed E-state index contributed by atoms with van der Waals surface area (Å²) in [7, 11) is 1.31. The van der Waals surface area contributed by atoms with E-state index >= 15 is 0 Å². The Balaban J connectivity index is 4.53. The minimum atomic E-state index is -0.980. The van der Waals surface area contributed by atoms with Crippen molar-refractivity contribution >= 4 is 17.9 Å². The van der Waals surface area contributed by atoms with Gasteiger partial charge in [0.15, 0.2) is 0 Å². The zero-order valence-corrected chi connectivity index (χ0v) is 18.2. The van der Waals surface area contributed by atoms with Gasteiger partial charge < -0.3 is 14.9 Å². The van der Waals surface area contributed by atoms with E-state index < -0.39 is 23.8 Å². The lowest BCUT2D eigenvalue weighted by Gasteiger charge is -2.21. The van der Waals surface area contributed by atoms with Crippen LogP contribution in [0.2, 0.25) is 0 Å². The maximum absolute atomic E-state index is 12.1. The summed E-state index contributed by atoms with van der Waals surface area (Å²) in [4.78, 5) is 33.8. The number of esters is 1. The number of ether oxygens (including phenoxy) is 1. The standard InChI is InChI=1S/C23H40O6/c1-3-4-5-9-12-15-19(20(18-22(26)27)23(28)29-2)16-13-10-7-6-8-11-14-17-21(24)25/h13,16,19-20H,3-12,14-15,17-18H2,1-2H3,(H,24,25)(H,26,27)/b16-13+. The average Bonchev–Trinajstić information content (AvgIpc) is 2.68. The van der Waals surface area contributed by atoms with Gasteiger partial charge >= 0.3 is 17.9 Å². The Kier molecular flexibility index (Phi) is 17.0. The summed E-state index contributed by atoms with van der Waals surface area (Å²) >= 11 is 0. The number of hydrogen-bond donors (Lipinski definition) is 2. The summed E-state index contributed by atoms with van der Waals surface area (Å²) in [5.74, 6) is -2.93. The molecule has 0 fully saturated rings. The molecule has 168 valence electrons. The summed E-state index contributed by atoms with van der Waals surface area (Å²) in [5, 5.41) is 17.8. The van der Waals surface area contributed by atoms with Crippen molar-refractivity contribution in [3.8, 4) is 0 Å². The van der Waals surface area contributed by atoms with E-state index in [1.54, 1.807) is 0 Å². The molecule has 29 heavy (non-hydrogen) atoms. The van der Waals surface area contributed by atoms with E-state index in [0.29, 0.717) is 0 Å². The lowest BCUT2D eigenvalue weighted by Crippen LogP contribution is -2.26. The van der Waals surface area contributed by atoms with Crippen LogP contribution in [0.15, 0.2) is 12.2 Å². The van der Waals surface area contributed by atoms with Crippen molar-refractivity contribution in [2.24, 2.45) is 11.8 Å². The summed E-state index contributed by atoms with van der Waals surface area (Å²) in [6.45, 7) is 2.16. The number of allylic oxidation sites excluding steroid dienone is 2. The highest BCUT2D eigenvalue weighted by atomic mass is 16.5. The van der Waals surface area contributed by atoms with Gasteiger partial charge in [0.05, 0.1) is 19.4 Å². The van der Waals surface area contributed by atoms with Crippen molar-refractivity contribution in [1.29, 1.82) is 0 Å². The molecule has 0 aromatic rings. The Hall–Kier alpha value is -1.85. The van der Waals surface area contributed by atoms with Crippen LogP contribution in [0.25, 0.3) is 0 Å². The molecule has 0 aliphatic rings. The fourth-order valence-corrected chi connectivity index (χ4v) is 3.50. The Morgan fingerprint density at radius 3 is 2.10 bits per heavy atom. The average molecular weight is 413 g/mol. The number of hydrogen-bond acceptors (Lipinski definition) is 4. The van der Waals surface area contributed by atoms with Crippen LogP contribution in [0.1, 0.15) is 96.8 Å². The molecule has 0 spiro atoms. The number of methoxy groups -OCH3 is 1. The second kappa shape index (κ2) is 18.2. The number of carboxylic acid groups (broad SMARTS) is 2. The van der Waals surface area contributed by atoms with Gasteiger partial charge in [-0.15, -0.1) is 0 Å². The fourth-order valence-electron chi connectivity index (χ4n) is 3.50. The monoisotopic (exact) mass is 412 g/mol. The fraction of sp³-hybridized carbons (Fsp3) is 0.783. The first-order valence-electron chi connectivity index (χ1n) is 11.1. The number of carbonyl (C=O) groups is 3. The predicted molar refractivity (Wildman–Crippen MR) is 114 cm³/mol. The van der Waals surface area contributed by atoms with E-state index in [9.17, 15) is 19.5 Å². The Morgan fingerprint density at radius 2 is 1.48 bits per heavy atom. The normalized spacial score (nSPS) is 13.3. The van der Waals surface area contributed by atoms with E-state index in [0.717, 1.165) is 64.2 Å². The minimum absolute atomic E-state index is 0.115. The second-order valence-corrected chi connectivity index (χ2v) is 7.72. The smallest absolute Gasteiger partial charge is 0.309 e. The van der Waals surface area contributed by atoms with Gasteiger partial charge in [-0.3, -0.25) is 14.4 Å². The van der Waals surface area contributed by atoms with Gasteiger partial charge in [0, 0.05) is 6.42 Å². The third-order valence-corrected chi connectivity index (χ3v) is 5.20. The van der Waals surface area contributed by atoms with Crippen LogP contribution in [-0.2, 0) is 19.1 Å². The van der Waals surface area contributed by atoms with Gasteiger partial charge in [-0.2, -0.15) is 0 Å². The van der Waals surface area contributed by atoms with Crippen LogP contribution >= 0.6 is 0 Å². The highest BCUT2D eigenvalue weighted by Crippen LogP contribution is 2.26. The van der Waals surface area contributed by atoms with Crippen LogP contribution in [0.4, 0.5) is 0 Å². The number of carboxylic acids is 2. The van der Waals surface area contributed by atoms with Gasteiger partial charge in [-0.25, -0.2) is 0 Å². The molecule has 0 aromatic heterocycles. The van der Waals surface area contributed by atoms with E-state index in [4.69, 9.17) is 9.84 Å². The first kappa shape index (κ1) is 27.1. The Bertz CT molecular complexity index is 486. The lowest BCUT2D eigenvalue weighted by molar-refractivity contribution is -0.152. The molecule has 6 nitrogen and oxygen atoms in total. The highest BCUT2D eigenvalue weighted by Gasteiger charge is 2.29. The third kappa shape index (κ3) is 15.7. The summed E-state index contributed by atoms with van der Waals surface area (Å²) in [5.41, 5.74) is 0. The van der Waals surface area contributed by atoms with E-state index in [1.807, 2.05) is 6.08 Å². The van der Waals surface area contributed by atoms with E-state index in [1.165, 1.54) is 20.0 Å². The molecule has 0 aromatic carbocycles. The van der Waals surface area contributed by atoms with Gasteiger partial charge in [-0.05, 0) is 31.6 Å². The van der Waals surface area contributed by atoms with Crippen molar-refractivity contribution in [2.45, 2.75) is 96.8 Å². The highest BCUT2D eigenvalue weighted by molar-refractivity contribution is 5.79. The van der Waals surface area contributed by atoms with Gasteiger partial charge in [-0.1, -0.05) is 70.4 Å². The molecule has 0 amide bonds. The van der Waals surface area contributed by atoms with Crippen molar-refractivity contribution in [3.05, 3.63) is 12.2 Å². The minimum Gasteiger partial charge on any atom is -0.481 e. The topological polar surface area (TPSA) is 101 Å². The van der Waals surface area contributed by atoms with Gasteiger partial charge in [0.1, 0.15) is 0 Å². The Labute approximate surface area is 175 Å². The SMILES string of the molecule is CCCCCCCC(/C=C/CCCCCCCC(=O)O)C(CC(=O)O)C(=O)OC. The Morgan fingerprint density at radius 1 is 0.862 bits per heavy atom. The van der Waals surface area contributed by atoms with Crippen molar-refractivity contribution < 1.29 is 29.3 Å². The maximum atomic E-state index is 12.1. The van der Waals surface area contributed by atoms with Gasteiger partial charge in [0.25, 0.3) is 0 Å². The lowest BCUT2D eigenvalue weighted by atomic mass is 9.84. The molecule has 0 bridgehead atoms. The number of rotatable bonds is 19. The largest absolute Gasteiger partial charge is 0.481 e. The third-order valence-electron chi connectivity index (χ3n) is 5.20. The molecule has 2 atom stereocenters. The van der Waals surface area contributed by atoms with Crippen molar-refractivity contribution in [2.75, 3.05) is 7.11 Å². The molecule has 0 heterocycles. The molecule has 6 heteroatoms. The molecule has 2 unspecified atom stereocenters. The first-order chi connectivity index (χ1) is 13.9. The van der Waals surface area contributed by atoms with Crippen LogP contribution < -0.4 is 0 Å².